The molecule has 1 aromatic heterocycles. The van der Waals surface area contributed by atoms with Crippen LogP contribution in [0.2, 0.25) is 0 Å². The molecule has 1 saturated carbocycles. The lowest BCUT2D eigenvalue weighted by atomic mass is 9.86. The average molecular weight is 459 g/mol. The predicted molar refractivity (Wildman–Crippen MR) is 126 cm³/mol. The second kappa shape index (κ2) is 10.3. The lowest BCUT2D eigenvalue weighted by Gasteiger charge is -2.30. The normalized spacial score (nSPS) is 20.0. The third kappa shape index (κ3) is 5.89. The van der Waals surface area contributed by atoms with Crippen LogP contribution in [0.4, 0.5) is 31.0 Å². The van der Waals surface area contributed by atoms with E-state index in [0.29, 0.717) is 24.5 Å². The molecule has 0 bridgehead atoms. The van der Waals surface area contributed by atoms with Gasteiger partial charge in [0.25, 0.3) is 0 Å². The van der Waals surface area contributed by atoms with Crippen molar-refractivity contribution in [1.82, 2.24) is 15.3 Å². The second-order valence-electron chi connectivity index (χ2n) is 9.22. The van der Waals surface area contributed by atoms with Gasteiger partial charge in [-0.15, -0.1) is 0 Å². The number of amides is 2. The topological polar surface area (TPSA) is 82.2 Å². The average Bonchev–Trinajstić information content (AvgIpc) is 2.80. The molecule has 1 aromatic carbocycles. The molecule has 2 aromatic rings. The number of anilines is 3. The van der Waals surface area contributed by atoms with E-state index < -0.39 is 17.7 Å². The molecule has 0 aliphatic heterocycles. The van der Waals surface area contributed by atoms with Gasteiger partial charge in [0.05, 0.1) is 5.69 Å². The number of carbonyl (C=O) groups is 1. The van der Waals surface area contributed by atoms with E-state index in [-0.39, 0.29) is 5.69 Å². The standard InChI is InChI=1S/C24H32F2N6O/c1-32(2)22-18-5-3-4-6-21(18)30-23(31-22)28-16-9-7-15(8-10-16)14-27-24(33)29-17-11-12-19(25)20(26)13-17/h11-13,15-16H,3-10,14H2,1-2H3,(H2,27,29,33)(H,28,30,31)/t15-,16+. The Morgan fingerprint density at radius 3 is 2.55 bits per heavy atom. The van der Waals surface area contributed by atoms with E-state index in [4.69, 9.17) is 9.97 Å². The Hall–Kier alpha value is -2.97. The number of benzene rings is 1. The van der Waals surface area contributed by atoms with Gasteiger partial charge in [-0.25, -0.2) is 18.6 Å². The van der Waals surface area contributed by atoms with Crippen LogP contribution in [0.15, 0.2) is 18.2 Å². The molecule has 2 aliphatic carbocycles. The van der Waals surface area contributed by atoms with E-state index in [1.807, 2.05) is 14.1 Å². The quantitative estimate of drug-likeness (QED) is 0.594. The highest BCUT2D eigenvalue weighted by molar-refractivity contribution is 5.89. The zero-order chi connectivity index (χ0) is 23.4. The SMILES string of the molecule is CN(C)c1nc(N[C@H]2CC[C@@H](CNC(=O)Nc3ccc(F)c(F)c3)CC2)nc2c1CCCC2. The third-order valence-corrected chi connectivity index (χ3v) is 6.49. The molecule has 0 unspecified atom stereocenters. The first-order chi connectivity index (χ1) is 15.9. The first-order valence-corrected chi connectivity index (χ1v) is 11.7. The minimum absolute atomic E-state index is 0.224. The van der Waals surface area contributed by atoms with Crippen LogP contribution < -0.4 is 20.9 Å². The number of carbonyl (C=O) groups excluding carboxylic acids is 1. The highest BCUT2D eigenvalue weighted by atomic mass is 19.2. The van der Waals surface area contributed by atoms with Gasteiger partial charge in [0, 0.05) is 44.0 Å². The van der Waals surface area contributed by atoms with Crippen LogP contribution in [-0.2, 0) is 12.8 Å². The Morgan fingerprint density at radius 2 is 1.82 bits per heavy atom. The van der Waals surface area contributed by atoms with Crippen LogP contribution in [0.3, 0.4) is 0 Å². The van der Waals surface area contributed by atoms with Crippen molar-refractivity contribution in [1.29, 1.82) is 0 Å². The molecule has 1 fully saturated rings. The molecule has 0 spiro atoms. The molecule has 178 valence electrons. The summed E-state index contributed by atoms with van der Waals surface area (Å²) < 4.78 is 26.3. The van der Waals surface area contributed by atoms with E-state index in [9.17, 15) is 13.6 Å². The smallest absolute Gasteiger partial charge is 0.319 e. The summed E-state index contributed by atoms with van der Waals surface area (Å²) in [5, 5.41) is 8.92. The molecule has 2 amide bonds. The molecular formula is C24H32F2N6O. The van der Waals surface area contributed by atoms with Crippen molar-refractivity contribution >= 4 is 23.5 Å². The molecule has 2 aliphatic rings. The molecule has 9 heteroatoms. The van der Waals surface area contributed by atoms with E-state index in [2.05, 4.69) is 20.9 Å². The van der Waals surface area contributed by atoms with Gasteiger partial charge in [-0.3, -0.25) is 0 Å². The molecule has 33 heavy (non-hydrogen) atoms. The fraction of sp³-hybridized carbons (Fsp3) is 0.542. The molecular weight excluding hydrogens is 426 g/mol. The van der Waals surface area contributed by atoms with Gasteiger partial charge in [0.2, 0.25) is 5.95 Å². The summed E-state index contributed by atoms with van der Waals surface area (Å²) in [6.07, 6.45) is 8.36. The lowest BCUT2D eigenvalue weighted by molar-refractivity contribution is 0.246. The maximum atomic E-state index is 13.3. The molecule has 3 N–H and O–H groups in total. The van der Waals surface area contributed by atoms with Crippen LogP contribution in [0.5, 0.6) is 0 Å². The fourth-order valence-corrected chi connectivity index (χ4v) is 4.69. The van der Waals surface area contributed by atoms with Crippen molar-refractivity contribution in [2.24, 2.45) is 5.92 Å². The molecule has 0 radical (unpaired) electrons. The minimum atomic E-state index is -0.987. The summed E-state index contributed by atoms with van der Waals surface area (Å²) in [5.41, 5.74) is 2.68. The minimum Gasteiger partial charge on any atom is -0.362 e. The van der Waals surface area contributed by atoms with Crippen molar-refractivity contribution in [2.45, 2.75) is 57.4 Å². The van der Waals surface area contributed by atoms with Crippen LogP contribution in [0, 0.1) is 17.6 Å². The number of aromatic nitrogens is 2. The monoisotopic (exact) mass is 458 g/mol. The Bertz CT molecular complexity index is 991. The number of urea groups is 1. The number of hydrogen-bond acceptors (Lipinski definition) is 5. The highest BCUT2D eigenvalue weighted by Crippen LogP contribution is 2.30. The molecule has 0 atom stereocenters. The third-order valence-electron chi connectivity index (χ3n) is 6.49. The second-order valence-corrected chi connectivity index (χ2v) is 9.22. The predicted octanol–water partition coefficient (Wildman–Crippen LogP) is 4.49. The summed E-state index contributed by atoms with van der Waals surface area (Å²) in [7, 11) is 4.06. The largest absolute Gasteiger partial charge is 0.362 e. The number of halogens is 2. The molecule has 4 rings (SSSR count). The number of rotatable bonds is 6. The number of nitrogens with one attached hydrogen (secondary N) is 3. The summed E-state index contributed by atoms with van der Waals surface area (Å²) in [5.74, 6) is 0.184. The van der Waals surface area contributed by atoms with E-state index in [0.717, 1.165) is 56.5 Å². The Morgan fingerprint density at radius 1 is 1.06 bits per heavy atom. The number of aryl methyl sites for hydroxylation is 1. The van der Waals surface area contributed by atoms with Crippen molar-refractivity contribution in [3.05, 3.63) is 41.1 Å². The Kier molecular flexibility index (Phi) is 7.25. The number of fused-ring (bicyclic) bond motifs is 1. The van der Waals surface area contributed by atoms with E-state index in [1.165, 1.54) is 30.2 Å². The van der Waals surface area contributed by atoms with Crippen molar-refractivity contribution in [3.8, 4) is 0 Å². The van der Waals surface area contributed by atoms with Crippen LogP contribution in [0.25, 0.3) is 0 Å². The summed E-state index contributed by atoms with van der Waals surface area (Å²) in [6, 6.07) is 3.19. The maximum absolute atomic E-state index is 13.3. The van der Waals surface area contributed by atoms with Gasteiger partial charge in [-0.2, -0.15) is 4.98 Å². The maximum Gasteiger partial charge on any atom is 0.319 e. The fourth-order valence-electron chi connectivity index (χ4n) is 4.69. The zero-order valence-electron chi connectivity index (χ0n) is 19.3. The van der Waals surface area contributed by atoms with Crippen molar-refractivity contribution in [2.75, 3.05) is 36.2 Å². The van der Waals surface area contributed by atoms with Gasteiger partial charge >= 0.3 is 6.03 Å². The summed E-state index contributed by atoms with van der Waals surface area (Å²) in [4.78, 5) is 23.8. The van der Waals surface area contributed by atoms with Crippen molar-refractivity contribution in [3.63, 3.8) is 0 Å². The number of hydrogen-bond donors (Lipinski definition) is 3. The summed E-state index contributed by atoms with van der Waals surface area (Å²) >= 11 is 0. The first kappa shape index (κ1) is 23.2. The van der Waals surface area contributed by atoms with Crippen LogP contribution in [0.1, 0.15) is 49.8 Å². The van der Waals surface area contributed by atoms with Crippen molar-refractivity contribution < 1.29 is 13.6 Å². The Labute approximate surface area is 193 Å². The number of nitrogens with zero attached hydrogens (tertiary/aromatic N) is 3. The van der Waals surface area contributed by atoms with Gasteiger partial charge in [-0.1, -0.05) is 0 Å². The first-order valence-electron chi connectivity index (χ1n) is 11.7. The molecule has 0 saturated heterocycles. The van der Waals surface area contributed by atoms with Crippen LogP contribution in [-0.4, -0.2) is 42.7 Å². The summed E-state index contributed by atoms with van der Waals surface area (Å²) in [6.45, 7) is 0.544. The van der Waals surface area contributed by atoms with E-state index >= 15 is 0 Å². The lowest BCUT2D eigenvalue weighted by Crippen LogP contribution is -2.36. The van der Waals surface area contributed by atoms with Gasteiger partial charge in [0.1, 0.15) is 5.82 Å². The Balaban J connectivity index is 1.25. The van der Waals surface area contributed by atoms with Crippen LogP contribution >= 0.6 is 0 Å². The van der Waals surface area contributed by atoms with Gasteiger partial charge in [-0.05, 0) is 69.4 Å². The molecule has 1 heterocycles. The molecule has 7 nitrogen and oxygen atoms in total. The zero-order valence-corrected chi connectivity index (χ0v) is 19.3. The highest BCUT2D eigenvalue weighted by Gasteiger charge is 2.24. The van der Waals surface area contributed by atoms with Gasteiger partial charge < -0.3 is 20.9 Å². The van der Waals surface area contributed by atoms with Gasteiger partial charge in [0.15, 0.2) is 11.6 Å². The van der Waals surface area contributed by atoms with E-state index in [1.54, 1.807) is 0 Å².